The summed E-state index contributed by atoms with van der Waals surface area (Å²) in [5, 5.41) is 13.1. The SMILES string of the molecule is O=C(O)Cn1ncc2c1CCCC2NS(=O)(=O)c1ccc(-c2ccccc2)c(F)c1. The lowest BCUT2D eigenvalue weighted by molar-refractivity contribution is -0.137. The zero-order valence-electron chi connectivity index (χ0n) is 16.0. The maximum atomic E-state index is 14.6. The molecule has 9 heteroatoms. The Morgan fingerprint density at radius 1 is 1.23 bits per heavy atom. The molecule has 2 aromatic carbocycles. The molecule has 7 nitrogen and oxygen atoms in total. The summed E-state index contributed by atoms with van der Waals surface area (Å²) in [5.74, 6) is -1.64. The molecule has 0 spiro atoms. The number of carbonyl (C=O) groups is 1. The third kappa shape index (κ3) is 3.99. The molecule has 0 amide bonds. The van der Waals surface area contributed by atoms with Crippen LogP contribution in [0.15, 0.2) is 59.6 Å². The first kappa shape index (κ1) is 20.2. The molecular formula is C21H20FN3O4S. The van der Waals surface area contributed by atoms with Gasteiger partial charge in [-0.05, 0) is 37.0 Å². The second kappa shape index (κ2) is 8.00. The van der Waals surface area contributed by atoms with Crippen molar-refractivity contribution in [2.45, 2.75) is 36.7 Å². The Labute approximate surface area is 173 Å². The Morgan fingerprint density at radius 2 is 2.00 bits per heavy atom. The Hall–Kier alpha value is -3.04. The highest BCUT2D eigenvalue weighted by molar-refractivity contribution is 7.89. The lowest BCUT2D eigenvalue weighted by Gasteiger charge is -2.24. The number of sulfonamides is 1. The van der Waals surface area contributed by atoms with E-state index in [1.54, 1.807) is 24.3 Å². The Morgan fingerprint density at radius 3 is 2.70 bits per heavy atom. The number of fused-ring (bicyclic) bond motifs is 1. The van der Waals surface area contributed by atoms with Gasteiger partial charge in [-0.15, -0.1) is 0 Å². The van der Waals surface area contributed by atoms with Crippen LogP contribution < -0.4 is 4.72 Å². The molecule has 156 valence electrons. The second-order valence-corrected chi connectivity index (χ2v) is 8.89. The Balaban J connectivity index is 1.60. The summed E-state index contributed by atoms with van der Waals surface area (Å²) in [4.78, 5) is 10.8. The minimum absolute atomic E-state index is 0.162. The number of benzene rings is 2. The van der Waals surface area contributed by atoms with E-state index in [0.717, 1.165) is 6.07 Å². The highest BCUT2D eigenvalue weighted by atomic mass is 32.2. The number of aromatic nitrogens is 2. The summed E-state index contributed by atoms with van der Waals surface area (Å²) in [6.45, 7) is -0.277. The molecule has 1 atom stereocenters. The van der Waals surface area contributed by atoms with Crippen LogP contribution in [0.3, 0.4) is 0 Å². The Bertz CT molecular complexity index is 1190. The van der Waals surface area contributed by atoms with Crippen LogP contribution in [0.25, 0.3) is 11.1 Å². The molecule has 1 unspecified atom stereocenters. The lowest BCUT2D eigenvalue weighted by atomic mass is 9.94. The van der Waals surface area contributed by atoms with Gasteiger partial charge in [0.05, 0.1) is 17.1 Å². The topological polar surface area (TPSA) is 101 Å². The van der Waals surface area contributed by atoms with E-state index in [9.17, 15) is 17.6 Å². The molecule has 0 aliphatic heterocycles. The van der Waals surface area contributed by atoms with Crippen LogP contribution in [-0.4, -0.2) is 29.3 Å². The molecule has 1 aliphatic carbocycles. The molecule has 0 radical (unpaired) electrons. The van der Waals surface area contributed by atoms with E-state index in [1.165, 1.54) is 23.0 Å². The third-order valence-electron chi connectivity index (χ3n) is 5.18. The monoisotopic (exact) mass is 429 g/mol. The summed E-state index contributed by atoms with van der Waals surface area (Å²) < 4.78 is 44.4. The van der Waals surface area contributed by atoms with Gasteiger partial charge in [0.25, 0.3) is 0 Å². The van der Waals surface area contributed by atoms with Crippen molar-refractivity contribution in [3.63, 3.8) is 0 Å². The minimum Gasteiger partial charge on any atom is -0.480 e. The van der Waals surface area contributed by atoms with Gasteiger partial charge in [-0.2, -0.15) is 5.10 Å². The molecule has 2 N–H and O–H groups in total. The molecule has 0 saturated heterocycles. The molecule has 0 saturated carbocycles. The van der Waals surface area contributed by atoms with Gasteiger partial charge in [0, 0.05) is 16.8 Å². The second-order valence-electron chi connectivity index (χ2n) is 7.17. The predicted molar refractivity (Wildman–Crippen MR) is 108 cm³/mol. The van der Waals surface area contributed by atoms with Crippen LogP contribution in [0, 0.1) is 5.82 Å². The van der Waals surface area contributed by atoms with Crippen molar-refractivity contribution in [1.82, 2.24) is 14.5 Å². The minimum atomic E-state index is -3.98. The van der Waals surface area contributed by atoms with Crippen molar-refractivity contribution in [3.05, 3.63) is 71.8 Å². The van der Waals surface area contributed by atoms with Crippen LogP contribution >= 0.6 is 0 Å². The maximum Gasteiger partial charge on any atom is 0.325 e. The molecule has 0 bridgehead atoms. The first-order valence-electron chi connectivity index (χ1n) is 9.49. The van der Waals surface area contributed by atoms with Crippen molar-refractivity contribution in [2.75, 3.05) is 0 Å². The smallest absolute Gasteiger partial charge is 0.325 e. The summed E-state index contributed by atoms with van der Waals surface area (Å²) in [5.41, 5.74) is 2.36. The standard InChI is InChI=1S/C21H20FN3O4S/c22-18-11-15(9-10-16(18)14-5-2-1-3-6-14)30(28,29)24-19-7-4-8-20-17(19)12-23-25(20)13-21(26)27/h1-3,5-6,9-12,19,24H,4,7-8,13H2,(H,26,27). The summed E-state index contributed by atoms with van der Waals surface area (Å²) in [6.07, 6.45) is 3.37. The van der Waals surface area contributed by atoms with Crippen molar-refractivity contribution >= 4 is 16.0 Å². The van der Waals surface area contributed by atoms with Crippen LogP contribution in [0.4, 0.5) is 4.39 Å². The average Bonchev–Trinajstić information content (AvgIpc) is 3.11. The van der Waals surface area contributed by atoms with Crippen molar-refractivity contribution in [2.24, 2.45) is 0 Å². The molecule has 30 heavy (non-hydrogen) atoms. The van der Waals surface area contributed by atoms with Crippen molar-refractivity contribution in [1.29, 1.82) is 0 Å². The van der Waals surface area contributed by atoms with E-state index in [4.69, 9.17) is 5.11 Å². The number of aliphatic carboxylic acids is 1. The van der Waals surface area contributed by atoms with Crippen molar-refractivity contribution in [3.8, 4) is 11.1 Å². The van der Waals surface area contributed by atoms with E-state index in [0.29, 0.717) is 41.6 Å². The van der Waals surface area contributed by atoms with Crippen LogP contribution in [0.5, 0.6) is 0 Å². The zero-order chi connectivity index (χ0) is 21.3. The fraction of sp³-hybridized carbons (Fsp3) is 0.238. The molecule has 1 aliphatic rings. The number of carboxylic acid groups (broad SMARTS) is 1. The normalized spacial score (nSPS) is 16.2. The number of hydrogen-bond acceptors (Lipinski definition) is 4. The first-order chi connectivity index (χ1) is 14.3. The van der Waals surface area contributed by atoms with E-state index in [1.807, 2.05) is 6.07 Å². The Kier molecular flexibility index (Phi) is 5.40. The zero-order valence-corrected chi connectivity index (χ0v) is 16.8. The number of halogens is 1. The molecule has 1 aromatic heterocycles. The van der Waals surface area contributed by atoms with Crippen LogP contribution in [0.2, 0.25) is 0 Å². The summed E-state index contributed by atoms with van der Waals surface area (Å²) >= 11 is 0. The van der Waals surface area contributed by atoms with E-state index >= 15 is 0 Å². The van der Waals surface area contributed by atoms with E-state index in [-0.39, 0.29) is 11.4 Å². The number of carboxylic acids is 1. The number of nitrogens with zero attached hydrogens (tertiary/aromatic N) is 2. The maximum absolute atomic E-state index is 14.6. The van der Waals surface area contributed by atoms with Gasteiger partial charge >= 0.3 is 5.97 Å². The van der Waals surface area contributed by atoms with Gasteiger partial charge < -0.3 is 5.11 Å². The predicted octanol–water partition coefficient (Wildman–Crippen LogP) is 3.13. The van der Waals surface area contributed by atoms with Crippen LogP contribution in [-0.2, 0) is 27.8 Å². The van der Waals surface area contributed by atoms with Crippen molar-refractivity contribution < 1.29 is 22.7 Å². The van der Waals surface area contributed by atoms with Gasteiger partial charge in [-0.1, -0.05) is 36.4 Å². The van der Waals surface area contributed by atoms with Gasteiger partial charge in [-0.3, -0.25) is 9.48 Å². The van der Waals surface area contributed by atoms with E-state index < -0.39 is 27.9 Å². The first-order valence-corrected chi connectivity index (χ1v) is 11.0. The highest BCUT2D eigenvalue weighted by Gasteiger charge is 2.29. The summed E-state index contributed by atoms with van der Waals surface area (Å²) in [7, 11) is -3.98. The molecule has 1 heterocycles. The fourth-order valence-electron chi connectivity index (χ4n) is 3.78. The molecule has 0 fully saturated rings. The molecule has 3 aromatic rings. The largest absolute Gasteiger partial charge is 0.480 e. The molecule has 4 rings (SSSR count). The molecular weight excluding hydrogens is 409 g/mol. The number of hydrogen-bond donors (Lipinski definition) is 2. The fourth-order valence-corrected chi connectivity index (χ4v) is 5.04. The highest BCUT2D eigenvalue weighted by Crippen LogP contribution is 2.32. The average molecular weight is 429 g/mol. The van der Waals surface area contributed by atoms with Gasteiger partial charge in [0.2, 0.25) is 10.0 Å². The third-order valence-corrected chi connectivity index (χ3v) is 6.65. The number of rotatable bonds is 6. The van der Waals surface area contributed by atoms with E-state index in [2.05, 4.69) is 9.82 Å². The summed E-state index contributed by atoms with van der Waals surface area (Å²) in [6, 6.07) is 12.2. The number of nitrogens with one attached hydrogen (secondary N) is 1. The van der Waals surface area contributed by atoms with Gasteiger partial charge in [-0.25, -0.2) is 17.5 Å². The van der Waals surface area contributed by atoms with Gasteiger partial charge in [0.1, 0.15) is 12.4 Å². The van der Waals surface area contributed by atoms with Crippen LogP contribution in [0.1, 0.15) is 30.1 Å². The van der Waals surface area contributed by atoms with Gasteiger partial charge in [0.15, 0.2) is 0 Å². The quantitative estimate of drug-likeness (QED) is 0.627. The lowest BCUT2D eigenvalue weighted by Crippen LogP contribution is -2.31.